The van der Waals surface area contributed by atoms with Crippen molar-refractivity contribution in [3.05, 3.63) is 29.8 Å². The van der Waals surface area contributed by atoms with Crippen molar-refractivity contribution < 1.29 is 0 Å². The van der Waals surface area contributed by atoms with Crippen LogP contribution in [0.5, 0.6) is 0 Å². The van der Waals surface area contributed by atoms with Gasteiger partial charge >= 0.3 is 0 Å². The van der Waals surface area contributed by atoms with Gasteiger partial charge in [-0.05, 0) is 39.8 Å². The maximum atomic E-state index is 4.18. The first-order valence-electron chi connectivity index (χ1n) is 4.47. The van der Waals surface area contributed by atoms with E-state index in [4.69, 9.17) is 0 Å². The van der Waals surface area contributed by atoms with Crippen LogP contribution in [0.2, 0.25) is 0 Å². The third-order valence-electron chi connectivity index (χ3n) is 1.50. The Balaban J connectivity index is 2.75. The average Bonchev–Trinajstić information content (AvgIpc) is 2.02. The molecule has 0 amide bonds. The second-order valence-electron chi connectivity index (χ2n) is 4.21. The average molecular weight is 176 g/mol. The molecule has 0 aromatic heterocycles. The molecule has 70 valence electrons. The minimum Gasteiger partial charge on any atom is -0.183 e. The highest BCUT2D eigenvalue weighted by Gasteiger charge is 2.05. The highest BCUT2D eigenvalue weighted by molar-refractivity contribution is 5.37. The van der Waals surface area contributed by atoms with Crippen LogP contribution >= 0.6 is 0 Å². The molecule has 0 spiro atoms. The predicted octanol–water partition coefficient (Wildman–Crippen LogP) is 3.88. The SMILES string of the molecule is Cc1ccc(N=NC(C)(C)C)cc1. The summed E-state index contributed by atoms with van der Waals surface area (Å²) < 4.78 is 0. The third-order valence-corrected chi connectivity index (χ3v) is 1.50. The Morgan fingerprint density at radius 2 is 1.54 bits per heavy atom. The minimum absolute atomic E-state index is 0.0924. The first kappa shape index (κ1) is 9.90. The Morgan fingerprint density at radius 3 is 2.00 bits per heavy atom. The molecule has 0 N–H and O–H groups in total. The molecule has 0 saturated heterocycles. The zero-order valence-electron chi connectivity index (χ0n) is 8.70. The van der Waals surface area contributed by atoms with Crippen molar-refractivity contribution in [1.29, 1.82) is 0 Å². The molecule has 0 saturated carbocycles. The van der Waals surface area contributed by atoms with Gasteiger partial charge in [0.05, 0.1) is 11.2 Å². The van der Waals surface area contributed by atoms with Crippen LogP contribution in [0.4, 0.5) is 5.69 Å². The van der Waals surface area contributed by atoms with E-state index in [1.54, 1.807) is 0 Å². The number of aryl methyl sites for hydroxylation is 1. The van der Waals surface area contributed by atoms with E-state index in [-0.39, 0.29) is 5.54 Å². The zero-order chi connectivity index (χ0) is 9.90. The summed E-state index contributed by atoms with van der Waals surface area (Å²) in [6.07, 6.45) is 0. The smallest absolute Gasteiger partial charge is 0.0852 e. The normalized spacial score (nSPS) is 12.3. The second kappa shape index (κ2) is 3.69. The summed E-state index contributed by atoms with van der Waals surface area (Å²) in [7, 11) is 0. The molecule has 0 aliphatic rings. The molecular formula is C11H16N2. The van der Waals surface area contributed by atoms with Gasteiger partial charge in [-0.2, -0.15) is 10.2 Å². The monoisotopic (exact) mass is 176 g/mol. The molecule has 0 bridgehead atoms. The van der Waals surface area contributed by atoms with Gasteiger partial charge in [-0.15, -0.1) is 0 Å². The van der Waals surface area contributed by atoms with E-state index in [0.29, 0.717) is 0 Å². The molecule has 0 aliphatic carbocycles. The zero-order valence-corrected chi connectivity index (χ0v) is 8.70. The van der Waals surface area contributed by atoms with Crippen molar-refractivity contribution in [2.24, 2.45) is 10.2 Å². The molecule has 0 atom stereocenters. The van der Waals surface area contributed by atoms with Crippen LogP contribution in [-0.2, 0) is 0 Å². The van der Waals surface area contributed by atoms with Crippen molar-refractivity contribution in [2.75, 3.05) is 0 Å². The number of nitrogens with zero attached hydrogens (tertiary/aromatic N) is 2. The lowest BCUT2D eigenvalue weighted by atomic mass is 10.1. The van der Waals surface area contributed by atoms with Gasteiger partial charge in [0.25, 0.3) is 0 Å². The number of benzene rings is 1. The van der Waals surface area contributed by atoms with Crippen LogP contribution in [-0.4, -0.2) is 5.54 Å². The molecule has 13 heavy (non-hydrogen) atoms. The maximum Gasteiger partial charge on any atom is 0.0852 e. The minimum atomic E-state index is -0.0924. The Morgan fingerprint density at radius 1 is 1.00 bits per heavy atom. The fraction of sp³-hybridized carbons (Fsp3) is 0.455. The highest BCUT2D eigenvalue weighted by atomic mass is 15.1. The van der Waals surface area contributed by atoms with Gasteiger partial charge in [0.2, 0.25) is 0 Å². The lowest BCUT2D eigenvalue weighted by Crippen LogP contribution is -2.07. The summed E-state index contributed by atoms with van der Waals surface area (Å²) in [5.74, 6) is 0. The van der Waals surface area contributed by atoms with E-state index < -0.39 is 0 Å². The van der Waals surface area contributed by atoms with E-state index >= 15 is 0 Å². The van der Waals surface area contributed by atoms with Gasteiger partial charge in [0.15, 0.2) is 0 Å². The summed E-state index contributed by atoms with van der Waals surface area (Å²) in [5, 5.41) is 8.33. The van der Waals surface area contributed by atoms with E-state index in [9.17, 15) is 0 Å². The molecule has 2 heteroatoms. The van der Waals surface area contributed by atoms with E-state index in [2.05, 4.69) is 17.2 Å². The summed E-state index contributed by atoms with van der Waals surface area (Å²) in [5.41, 5.74) is 2.07. The van der Waals surface area contributed by atoms with Crippen LogP contribution in [0.15, 0.2) is 34.5 Å². The van der Waals surface area contributed by atoms with Crippen molar-refractivity contribution >= 4 is 5.69 Å². The Labute approximate surface area is 79.7 Å². The van der Waals surface area contributed by atoms with Crippen molar-refractivity contribution in [1.82, 2.24) is 0 Å². The van der Waals surface area contributed by atoms with Gasteiger partial charge in [-0.25, -0.2) is 0 Å². The molecule has 1 aromatic carbocycles. The van der Waals surface area contributed by atoms with Gasteiger partial charge in [-0.1, -0.05) is 17.7 Å². The summed E-state index contributed by atoms with van der Waals surface area (Å²) in [4.78, 5) is 0. The first-order chi connectivity index (χ1) is 5.97. The predicted molar refractivity (Wildman–Crippen MR) is 55.4 cm³/mol. The molecule has 2 nitrogen and oxygen atoms in total. The van der Waals surface area contributed by atoms with Gasteiger partial charge in [0.1, 0.15) is 0 Å². The topological polar surface area (TPSA) is 24.7 Å². The van der Waals surface area contributed by atoms with E-state index in [1.807, 2.05) is 45.0 Å². The van der Waals surface area contributed by atoms with Gasteiger partial charge in [-0.3, -0.25) is 0 Å². The summed E-state index contributed by atoms with van der Waals surface area (Å²) >= 11 is 0. The van der Waals surface area contributed by atoms with Crippen LogP contribution in [0.1, 0.15) is 26.3 Å². The Bertz CT molecular complexity index is 291. The second-order valence-corrected chi connectivity index (χ2v) is 4.21. The van der Waals surface area contributed by atoms with E-state index in [0.717, 1.165) is 5.69 Å². The van der Waals surface area contributed by atoms with Crippen LogP contribution in [0, 0.1) is 6.92 Å². The highest BCUT2D eigenvalue weighted by Crippen LogP contribution is 2.16. The molecule has 1 rings (SSSR count). The number of hydrogen-bond acceptors (Lipinski definition) is 2. The number of azo groups is 1. The molecule has 0 unspecified atom stereocenters. The van der Waals surface area contributed by atoms with Crippen molar-refractivity contribution in [3.63, 3.8) is 0 Å². The Hall–Kier alpha value is -1.18. The lowest BCUT2D eigenvalue weighted by Gasteiger charge is -2.08. The molecule has 1 aromatic rings. The maximum absolute atomic E-state index is 4.18. The molecular weight excluding hydrogens is 160 g/mol. The van der Waals surface area contributed by atoms with Crippen LogP contribution in [0.25, 0.3) is 0 Å². The molecule has 0 fully saturated rings. The van der Waals surface area contributed by atoms with Crippen molar-refractivity contribution in [3.8, 4) is 0 Å². The first-order valence-corrected chi connectivity index (χ1v) is 4.47. The number of hydrogen-bond donors (Lipinski definition) is 0. The Kier molecular flexibility index (Phi) is 2.81. The standard InChI is InChI=1S/C11H16N2/c1-9-5-7-10(8-6-9)12-13-11(2,3)4/h5-8H,1-4H3. The van der Waals surface area contributed by atoms with Crippen LogP contribution < -0.4 is 0 Å². The summed E-state index contributed by atoms with van der Waals surface area (Å²) in [6, 6.07) is 8.03. The lowest BCUT2D eigenvalue weighted by molar-refractivity contribution is 0.552. The van der Waals surface area contributed by atoms with Crippen LogP contribution in [0.3, 0.4) is 0 Å². The molecule has 0 heterocycles. The number of rotatable bonds is 1. The van der Waals surface area contributed by atoms with Gasteiger partial charge in [0, 0.05) is 0 Å². The summed E-state index contributed by atoms with van der Waals surface area (Å²) in [6.45, 7) is 8.16. The van der Waals surface area contributed by atoms with Gasteiger partial charge < -0.3 is 0 Å². The fourth-order valence-electron chi connectivity index (χ4n) is 0.819. The van der Waals surface area contributed by atoms with E-state index in [1.165, 1.54) is 5.56 Å². The fourth-order valence-corrected chi connectivity index (χ4v) is 0.819. The van der Waals surface area contributed by atoms with Crippen molar-refractivity contribution in [2.45, 2.75) is 33.2 Å². The molecule has 0 aliphatic heterocycles. The largest absolute Gasteiger partial charge is 0.183 e. The molecule has 0 radical (unpaired) electrons. The quantitative estimate of drug-likeness (QED) is 0.580. The third kappa shape index (κ3) is 3.83.